The summed E-state index contributed by atoms with van der Waals surface area (Å²) in [4.78, 5) is 17.2. The molecule has 0 radical (unpaired) electrons. The number of carbonyl (C=O) groups is 1. The van der Waals surface area contributed by atoms with E-state index in [1.54, 1.807) is 49.7 Å². The molecule has 0 saturated heterocycles. The van der Waals surface area contributed by atoms with Crippen molar-refractivity contribution in [3.05, 3.63) is 59.8 Å². The van der Waals surface area contributed by atoms with Gasteiger partial charge in [-0.05, 0) is 49.2 Å². The normalized spacial score (nSPS) is 15.7. The molecule has 150 valence electrons. The van der Waals surface area contributed by atoms with Crippen LogP contribution in [0, 0.1) is 0 Å². The molecule has 0 unspecified atom stereocenters. The Morgan fingerprint density at radius 1 is 1.07 bits per heavy atom. The minimum atomic E-state index is -4.07. The molecule has 0 fully saturated rings. The van der Waals surface area contributed by atoms with Gasteiger partial charge in [-0.2, -0.15) is 0 Å². The van der Waals surface area contributed by atoms with Crippen LogP contribution in [0.3, 0.4) is 0 Å². The summed E-state index contributed by atoms with van der Waals surface area (Å²) in [5, 5.41) is 0.460. The first-order valence-corrected chi connectivity index (χ1v) is 10.6. The molecule has 1 aromatic heterocycles. The molecule has 8 heteroatoms. The molecule has 0 bridgehead atoms. The highest BCUT2D eigenvalue weighted by molar-refractivity contribution is 7.90. The zero-order chi connectivity index (χ0) is 20.6. The van der Waals surface area contributed by atoms with Gasteiger partial charge >= 0.3 is 0 Å². The Kier molecular flexibility index (Phi) is 4.87. The highest BCUT2D eigenvalue weighted by Crippen LogP contribution is 2.44. The van der Waals surface area contributed by atoms with E-state index in [4.69, 9.17) is 9.47 Å². The van der Waals surface area contributed by atoms with Crippen LogP contribution in [0.2, 0.25) is 0 Å². The Balaban J connectivity index is 1.70. The van der Waals surface area contributed by atoms with Gasteiger partial charge in [-0.15, -0.1) is 0 Å². The van der Waals surface area contributed by atoms with Gasteiger partial charge in [-0.25, -0.2) is 13.1 Å². The third-order valence-corrected chi connectivity index (χ3v) is 6.60. The predicted molar refractivity (Wildman–Crippen MR) is 108 cm³/mol. The first-order valence-electron chi connectivity index (χ1n) is 9.10. The highest BCUT2D eigenvalue weighted by Gasteiger charge is 2.36. The number of rotatable bonds is 5. The van der Waals surface area contributed by atoms with Crippen LogP contribution >= 0.6 is 0 Å². The number of carbonyl (C=O) groups excluding carboxylic acids is 1. The summed E-state index contributed by atoms with van der Waals surface area (Å²) >= 11 is 0. The summed E-state index contributed by atoms with van der Waals surface area (Å²) < 4.78 is 39.0. The number of nitrogens with zero attached hydrogens (tertiary/aromatic N) is 1. The van der Waals surface area contributed by atoms with E-state index in [1.807, 2.05) is 0 Å². The minimum absolute atomic E-state index is 0.0206. The van der Waals surface area contributed by atoms with Gasteiger partial charge in [0.25, 0.3) is 10.0 Å². The molecule has 29 heavy (non-hydrogen) atoms. The summed E-state index contributed by atoms with van der Waals surface area (Å²) in [6, 6.07) is 11.6. The van der Waals surface area contributed by atoms with E-state index in [-0.39, 0.29) is 4.90 Å². The van der Waals surface area contributed by atoms with Gasteiger partial charge in [0, 0.05) is 22.7 Å². The number of hydrogen-bond donors (Lipinski definition) is 1. The van der Waals surface area contributed by atoms with E-state index >= 15 is 0 Å². The van der Waals surface area contributed by atoms with E-state index in [9.17, 15) is 13.2 Å². The Hall–Kier alpha value is -3.13. The molecule has 0 aliphatic heterocycles. The van der Waals surface area contributed by atoms with E-state index in [0.29, 0.717) is 40.8 Å². The van der Waals surface area contributed by atoms with Crippen molar-refractivity contribution in [2.45, 2.75) is 23.7 Å². The van der Waals surface area contributed by atoms with Crippen molar-refractivity contribution in [1.29, 1.82) is 0 Å². The average molecular weight is 412 g/mol. The topological polar surface area (TPSA) is 94.6 Å². The molecule has 2 aromatic carbocycles. The monoisotopic (exact) mass is 412 g/mol. The maximum atomic E-state index is 13.0. The lowest BCUT2D eigenvalue weighted by atomic mass is 9.99. The molecule has 3 aromatic rings. The van der Waals surface area contributed by atoms with E-state index < -0.39 is 21.8 Å². The lowest BCUT2D eigenvalue weighted by Crippen LogP contribution is -2.34. The van der Waals surface area contributed by atoms with Gasteiger partial charge in [-0.1, -0.05) is 6.07 Å². The van der Waals surface area contributed by atoms with Crippen molar-refractivity contribution >= 4 is 26.8 Å². The summed E-state index contributed by atoms with van der Waals surface area (Å²) in [7, 11) is -0.986. The second-order valence-electron chi connectivity index (χ2n) is 6.75. The van der Waals surface area contributed by atoms with Gasteiger partial charge in [0.15, 0.2) is 0 Å². The number of nitrogens with one attached hydrogen (secondary N) is 1. The van der Waals surface area contributed by atoms with Crippen LogP contribution < -0.4 is 14.2 Å². The van der Waals surface area contributed by atoms with Crippen LogP contribution in [0.1, 0.15) is 23.5 Å². The highest BCUT2D eigenvalue weighted by atomic mass is 32.2. The zero-order valence-electron chi connectivity index (χ0n) is 16.0. The lowest BCUT2D eigenvalue weighted by molar-refractivity contribution is -0.120. The SMILES string of the molecule is COc1ccc(OC)c2c1CC[C@H]2C(=O)NS(=O)(=O)c1cccc2ncccc12. The molecule has 1 amide bonds. The molecule has 4 rings (SSSR count). The van der Waals surface area contributed by atoms with Gasteiger partial charge in [0.1, 0.15) is 11.5 Å². The molecule has 1 aliphatic carbocycles. The number of fused-ring (bicyclic) bond motifs is 2. The summed E-state index contributed by atoms with van der Waals surface area (Å²) in [6.07, 6.45) is 2.67. The van der Waals surface area contributed by atoms with Crippen LogP contribution in [-0.4, -0.2) is 33.5 Å². The number of amides is 1. The summed E-state index contributed by atoms with van der Waals surface area (Å²) in [5.74, 6) is -0.0154. The molecular weight excluding hydrogens is 392 g/mol. The first kappa shape index (κ1) is 19.2. The average Bonchev–Trinajstić information content (AvgIpc) is 3.18. The van der Waals surface area contributed by atoms with Gasteiger partial charge < -0.3 is 9.47 Å². The standard InChI is InChI=1S/C21H20N2O5S/c1-27-17-10-11-18(28-2)20-14(17)8-9-15(20)21(24)23-29(25,26)19-7-3-6-16-13(19)5-4-12-22-16/h3-7,10-12,15H,8-9H2,1-2H3,(H,23,24)/t15-/m1/s1. The maximum Gasteiger partial charge on any atom is 0.264 e. The van der Waals surface area contributed by atoms with E-state index in [2.05, 4.69) is 9.71 Å². The number of benzene rings is 2. The number of methoxy groups -OCH3 is 2. The molecule has 0 spiro atoms. The minimum Gasteiger partial charge on any atom is -0.496 e. The fourth-order valence-corrected chi connectivity index (χ4v) is 5.13. The van der Waals surface area contributed by atoms with Crippen molar-refractivity contribution in [3.63, 3.8) is 0 Å². The number of ether oxygens (including phenoxy) is 2. The van der Waals surface area contributed by atoms with Gasteiger partial charge in [-0.3, -0.25) is 9.78 Å². The smallest absolute Gasteiger partial charge is 0.264 e. The van der Waals surface area contributed by atoms with E-state index in [1.165, 1.54) is 13.2 Å². The fraction of sp³-hybridized carbons (Fsp3) is 0.238. The van der Waals surface area contributed by atoms with Gasteiger partial charge in [0.2, 0.25) is 5.91 Å². The molecule has 0 saturated carbocycles. The quantitative estimate of drug-likeness (QED) is 0.693. The van der Waals surface area contributed by atoms with Crippen LogP contribution in [0.25, 0.3) is 10.9 Å². The maximum absolute atomic E-state index is 13.0. The molecule has 7 nitrogen and oxygen atoms in total. The Morgan fingerprint density at radius 3 is 2.59 bits per heavy atom. The molecule has 1 aliphatic rings. The molecule has 1 heterocycles. The second-order valence-corrected chi connectivity index (χ2v) is 8.40. The zero-order valence-corrected chi connectivity index (χ0v) is 16.8. The lowest BCUT2D eigenvalue weighted by Gasteiger charge is -2.17. The third-order valence-electron chi connectivity index (χ3n) is 5.19. The van der Waals surface area contributed by atoms with Crippen molar-refractivity contribution in [3.8, 4) is 11.5 Å². The Bertz CT molecular complexity index is 1200. The summed E-state index contributed by atoms with van der Waals surface area (Å²) in [5.41, 5.74) is 2.10. The summed E-state index contributed by atoms with van der Waals surface area (Å²) in [6.45, 7) is 0. The van der Waals surface area contributed by atoms with E-state index in [0.717, 1.165) is 5.56 Å². The number of pyridine rings is 1. The molecular formula is C21H20N2O5S. The number of aromatic nitrogens is 1. The van der Waals surface area contributed by atoms with Crippen LogP contribution in [0.4, 0.5) is 0 Å². The second kappa shape index (κ2) is 7.36. The fourth-order valence-electron chi connectivity index (χ4n) is 3.90. The van der Waals surface area contributed by atoms with Crippen molar-refractivity contribution in [1.82, 2.24) is 9.71 Å². The number of hydrogen-bond acceptors (Lipinski definition) is 6. The largest absolute Gasteiger partial charge is 0.496 e. The van der Waals surface area contributed by atoms with Crippen molar-refractivity contribution in [2.24, 2.45) is 0 Å². The van der Waals surface area contributed by atoms with Crippen LogP contribution in [-0.2, 0) is 21.2 Å². The molecule has 1 atom stereocenters. The number of sulfonamides is 1. The van der Waals surface area contributed by atoms with Crippen LogP contribution in [0.15, 0.2) is 53.6 Å². The molecule has 1 N–H and O–H groups in total. The Labute approximate surface area is 168 Å². The van der Waals surface area contributed by atoms with Crippen molar-refractivity contribution in [2.75, 3.05) is 14.2 Å². The third kappa shape index (κ3) is 3.29. The van der Waals surface area contributed by atoms with Gasteiger partial charge in [0.05, 0.1) is 30.5 Å². The first-order chi connectivity index (χ1) is 14.0. The predicted octanol–water partition coefficient (Wildman–Crippen LogP) is 2.79. The van der Waals surface area contributed by atoms with Crippen molar-refractivity contribution < 1.29 is 22.7 Å². The van der Waals surface area contributed by atoms with Crippen LogP contribution in [0.5, 0.6) is 11.5 Å². The Morgan fingerprint density at radius 2 is 1.83 bits per heavy atom.